The number of alkyl halides is 6. The molecule has 0 fully saturated rings. The predicted molar refractivity (Wildman–Crippen MR) is 72.8 cm³/mol. The van der Waals surface area contributed by atoms with Crippen molar-refractivity contribution in [1.29, 1.82) is 0 Å². The fourth-order valence-electron chi connectivity index (χ4n) is 1.71. The lowest BCUT2D eigenvalue weighted by Crippen LogP contribution is -2.21. The van der Waals surface area contributed by atoms with Crippen LogP contribution >= 0.6 is 11.3 Å². The van der Waals surface area contributed by atoms with E-state index in [-0.39, 0.29) is 22.5 Å². The zero-order valence-electron chi connectivity index (χ0n) is 11.6. The first kappa shape index (κ1) is 18.1. The maximum absolute atomic E-state index is 13.1. The van der Waals surface area contributed by atoms with E-state index in [4.69, 9.17) is 0 Å². The maximum atomic E-state index is 13.1. The van der Waals surface area contributed by atoms with E-state index < -0.39 is 35.1 Å². The number of hydrogen-bond donors (Lipinski definition) is 0. The van der Waals surface area contributed by atoms with Crippen LogP contribution in [0, 0.1) is 0 Å². The summed E-state index contributed by atoms with van der Waals surface area (Å²) in [4.78, 5) is 10.1. The van der Waals surface area contributed by atoms with Gasteiger partial charge in [0.1, 0.15) is 4.88 Å². The van der Waals surface area contributed by atoms with Gasteiger partial charge in [0.2, 0.25) is 0 Å². The predicted octanol–water partition coefficient (Wildman–Crippen LogP) is 5.51. The highest BCUT2D eigenvalue weighted by atomic mass is 32.1. The molecule has 1 heterocycles. The number of carbonyl (C=O) groups is 1. The van der Waals surface area contributed by atoms with Gasteiger partial charge >= 0.3 is 18.5 Å². The molecule has 130 valence electrons. The molecule has 0 amide bonds. The SMILES string of the molecule is O=C(OCC(F)(F)F)Oc1cc(-c2ccccc2)c(C(F)(F)F)s1. The van der Waals surface area contributed by atoms with Crippen LogP contribution in [0.3, 0.4) is 0 Å². The van der Waals surface area contributed by atoms with Gasteiger partial charge in [-0.05, 0) is 5.56 Å². The summed E-state index contributed by atoms with van der Waals surface area (Å²) in [5, 5.41) is -0.520. The second kappa shape index (κ2) is 6.71. The molecule has 0 spiro atoms. The van der Waals surface area contributed by atoms with Crippen molar-refractivity contribution in [3.05, 3.63) is 41.3 Å². The van der Waals surface area contributed by atoms with Crippen molar-refractivity contribution in [2.75, 3.05) is 6.61 Å². The van der Waals surface area contributed by atoms with E-state index in [1.807, 2.05) is 0 Å². The molecule has 0 radical (unpaired) electrons. The summed E-state index contributed by atoms with van der Waals surface area (Å²) in [5.41, 5.74) is -0.0219. The van der Waals surface area contributed by atoms with Gasteiger partial charge in [-0.3, -0.25) is 0 Å². The average molecular weight is 370 g/mol. The van der Waals surface area contributed by atoms with Gasteiger partial charge in [0.05, 0.1) is 0 Å². The third-order valence-electron chi connectivity index (χ3n) is 2.59. The number of carbonyl (C=O) groups excluding carboxylic acids is 1. The number of benzene rings is 1. The zero-order chi connectivity index (χ0) is 18.0. The Hall–Kier alpha value is -2.23. The lowest BCUT2D eigenvalue weighted by Gasteiger charge is -2.07. The first-order valence-corrected chi connectivity index (χ1v) is 7.06. The van der Waals surface area contributed by atoms with Gasteiger partial charge in [-0.25, -0.2) is 4.79 Å². The second-order valence-electron chi connectivity index (χ2n) is 4.43. The molecule has 0 N–H and O–H groups in total. The number of rotatable bonds is 3. The van der Waals surface area contributed by atoms with Crippen LogP contribution in [0.15, 0.2) is 36.4 Å². The lowest BCUT2D eigenvalue weighted by atomic mass is 10.1. The van der Waals surface area contributed by atoms with Gasteiger partial charge in [-0.2, -0.15) is 26.3 Å². The first-order valence-electron chi connectivity index (χ1n) is 6.24. The Morgan fingerprint density at radius 2 is 1.67 bits per heavy atom. The van der Waals surface area contributed by atoms with Gasteiger partial charge < -0.3 is 9.47 Å². The monoisotopic (exact) mass is 370 g/mol. The molecule has 10 heteroatoms. The lowest BCUT2D eigenvalue weighted by molar-refractivity contribution is -0.163. The highest BCUT2D eigenvalue weighted by Gasteiger charge is 2.37. The van der Waals surface area contributed by atoms with E-state index in [2.05, 4.69) is 9.47 Å². The molecule has 1 aromatic carbocycles. The Bertz CT molecular complexity index is 706. The van der Waals surface area contributed by atoms with E-state index in [1.54, 1.807) is 6.07 Å². The molecule has 0 aliphatic carbocycles. The summed E-state index contributed by atoms with van der Waals surface area (Å²) < 4.78 is 83.2. The molecule has 0 saturated heterocycles. The Morgan fingerprint density at radius 3 is 2.21 bits per heavy atom. The van der Waals surface area contributed by atoms with Crippen molar-refractivity contribution >= 4 is 17.5 Å². The van der Waals surface area contributed by atoms with Crippen molar-refractivity contribution < 1.29 is 40.6 Å². The van der Waals surface area contributed by atoms with Crippen molar-refractivity contribution in [2.45, 2.75) is 12.4 Å². The Kier molecular flexibility index (Phi) is 5.07. The molecule has 0 aliphatic heterocycles. The molecule has 0 saturated carbocycles. The van der Waals surface area contributed by atoms with Crippen LogP contribution in [0.4, 0.5) is 31.1 Å². The van der Waals surface area contributed by atoms with Crippen LogP contribution in [0.2, 0.25) is 0 Å². The molecule has 1 aromatic heterocycles. The molecule has 0 bridgehead atoms. The molecule has 24 heavy (non-hydrogen) atoms. The Morgan fingerprint density at radius 1 is 1.04 bits per heavy atom. The van der Waals surface area contributed by atoms with Crippen molar-refractivity contribution in [3.8, 4) is 16.2 Å². The Labute approximate surface area is 135 Å². The van der Waals surface area contributed by atoms with Crippen LogP contribution in [-0.2, 0) is 10.9 Å². The molecular weight excluding hydrogens is 362 g/mol. The second-order valence-corrected chi connectivity index (χ2v) is 5.44. The van der Waals surface area contributed by atoms with Gasteiger partial charge in [-0.15, -0.1) is 0 Å². The topological polar surface area (TPSA) is 35.5 Å². The first-order chi connectivity index (χ1) is 11.1. The summed E-state index contributed by atoms with van der Waals surface area (Å²) in [6.07, 6.45) is -11.2. The minimum atomic E-state index is -4.76. The quantitative estimate of drug-likeness (QED) is 0.528. The highest BCUT2D eigenvalue weighted by Crippen LogP contribution is 2.45. The van der Waals surface area contributed by atoms with Crippen molar-refractivity contribution in [1.82, 2.24) is 0 Å². The smallest absolute Gasteiger partial charge is 0.424 e. The van der Waals surface area contributed by atoms with Crippen LogP contribution in [0.5, 0.6) is 5.06 Å². The summed E-state index contributed by atoms with van der Waals surface area (Å²) >= 11 is 0.0937. The molecule has 0 unspecified atom stereocenters. The average Bonchev–Trinajstić information content (AvgIpc) is 2.89. The van der Waals surface area contributed by atoms with E-state index in [0.717, 1.165) is 6.07 Å². The van der Waals surface area contributed by atoms with Crippen LogP contribution in [0.25, 0.3) is 11.1 Å². The third-order valence-corrected chi connectivity index (χ3v) is 3.65. The van der Waals surface area contributed by atoms with Gasteiger partial charge in [0.25, 0.3) is 0 Å². The largest absolute Gasteiger partial charge is 0.514 e. The molecule has 0 aliphatic rings. The van der Waals surface area contributed by atoms with E-state index >= 15 is 0 Å². The molecule has 2 rings (SSSR count). The van der Waals surface area contributed by atoms with Crippen LogP contribution < -0.4 is 4.74 Å². The normalized spacial score (nSPS) is 12.1. The summed E-state index contributed by atoms with van der Waals surface area (Å²) in [5.74, 6) is 0. The van der Waals surface area contributed by atoms with Gasteiger partial charge in [-0.1, -0.05) is 41.7 Å². The molecule has 0 atom stereocenters. The van der Waals surface area contributed by atoms with E-state index in [1.165, 1.54) is 24.3 Å². The molecule has 2 aromatic rings. The standard InChI is InChI=1S/C14H8F6O3S/c15-13(16,17)7-22-12(21)23-10-6-9(8-4-2-1-3-5-8)11(24-10)14(18,19)20/h1-6H,7H2. The Balaban J connectivity index is 2.24. The van der Waals surface area contributed by atoms with E-state index in [0.29, 0.717) is 0 Å². The number of ether oxygens (including phenoxy) is 2. The van der Waals surface area contributed by atoms with Gasteiger partial charge in [0, 0.05) is 11.6 Å². The number of hydrogen-bond acceptors (Lipinski definition) is 4. The van der Waals surface area contributed by atoms with Crippen LogP contribution in [-0.4, -0.2) is 18.9 Å². The molecular formula is C14H8F6O3S. The summed E-state index contributed by atoms with van der Waals surface area (Å²) in [7, 11) is 0. The summed E-state index contributed by atoms with van der Waals surface area (Å²) in [6, 6.07) is 8.41. The highest BCUT2D eigenvalue weighted by molar-refractivity contribution is 7.14. The fraction of sp³-hybridized carbons (Fsp3) is 0.214. The fourth-order valence-corrected chi connectivity index (χ4v) is 2.60. The number of halogens is 6. The third kappa shape index (κ3) is 4.88. The molecule has 3 nitrogen and oxygen atoms in total. The zero-order valence-corrected chi connectivity index (χ0v) is 12.4. The minimum Gasteiger partial charge on any atom is -0.424 e. The summed E-state index contributed by atoms with van der Waals surface area (Å²) in [6.45, 7) is -1.89. The van der Waals surface area contributed by atoms with Crippen molar-refractivity contribution in [2.24, 2.45) is 0 Å². The van der Waals surface area contributed by atoms with Gasteiger partial charge in [0.15, 0.2) is 11.7 Å². The maximum Gasteiger partial charge on any atom is 0.514 e. The van der Waals surface area contributed by atoms with Crippen molar-refractivity contribution in [3.63, 3.8) is 0 Å². The van der Waals surface area contributed by atoms with E-state index in [9.17, 15) is 31.1 Å². The minimum absolute atomic E-state index is 0.0937. The number of thiophene rings is 1. The van der Waals surface area contributed by atoms with Crippen LogP contribution in [0.1, 0.15) is 4.88 Å².